The van der Waals surface area contributed by atoms with Crippen LogP contribution in [-0.2, 0) is 0 Å². The van der Waals surface area contributed by atoms with E-state index in [2.05, 4.69) is 17.1 Å². The molecular weight excluding hydrogens is 337 g/mol. The number of halogens is 2. The Bertz CT molecular complexity index is 451. The molecule has 1 atom stereocenters. The van der Waals surface area contributed by atoms with Gasteiger partial charge in [0, 0.05) is 44.4 Å². The van der Waals surface area contributed by atoms with Gasteiger partial charge < -0.3 is 5.32 Å². The highest BCUT2D eigenvalue weighted by atomic mass is 35.5. The van der Waals surface area contributed by atoms with Crippen LogP contribution in [0.2, 0.25) is 0 Å². The van der Waals surface area contributed by atoms with Crippen LogP contribution in [-0.4, -0.2) is 36.0 Å². The highest BCUT2D eigenvalue weighted by molar-refractivity contribution is 5.85. The van der Waals surface area contributed by atoms with Gasteiger partial charge in [0.2, 0.25) is 0 Å². The van der Waals surface area contributed by atoms with Crippen LogP contribution in [0, 0.1) is 10.1 Å². The number of nitrogens with one attached hydrogen (secondary N) is 1. The van der Waals surface area contributed by atoms with E-state index in [0.717, 1.165) is 32.6 Å². The van der Waals surface area contributed by atoms with E-state index >= 15 is 0 Å². The summed E-state index contributed by atoms with van der Waals surface area (Å²) >= 11 is 0. The number of hydrogen-bond donors (Lipinski definition) is 1. The number of hydrogen-bond acceptors (Lipinski definition) is 4. The summed E-state index contributed by atoms with van der Waals surface area (Å²) in [5.41, 5.74) is 1.38. The first-order valence-electron chi connectivity index (χ1n) is 7.91. The molecule has 132 valence electrons. The average molecular weight is 364 g/mol. The van der Waals surface area contributed by atoms with E-state index in [-0.39, 0.29) is 35.4 Å². The molecule has 1 heterocycles. The summed E-state index contributed by atoms with van der Waals surface area (Å²) in [4.78, 5) is 13.0. The number of unbranched alkanes of at least 4 members (excludes halogenated alkanes) is 2. The van der Waals surface area contributed by atoms with Crippen molar-refractivity contribution in [2.75, 3.05) is 26.2 Å². The first-order chi connectivity index (χ1) is 10.2. The number of piperazine rings is 1. The summed E-state index contributed by atoms with van der Waals surface area (Å²) in [5.74, 6) is 0. The highest BCUT2D eigenvalue weighted by Gasteiger charge is 2.22. The zero-order chi connectivity index (χ0) is 15.1. The SMILES string of the molecule is CCCCC[C@H](c1ccc([N+](=O)[O-])cc1)N1CCNCC1.Cl.Cl. The van der Waals surface area contributed by atoms with Crippen LogP contribution in [0.4, 0.5) is 5.69 Å². The Morgan fingerprint density at radius 2 is 1.78 bits per heavy atom. The van der Waals surface area contributed by atoms with Gasteiger partial charge in [-0.25, -0.2) is 0 Å². The van der Waals surface area contributed by atoms with Crippen molar-refractivity contribution in [3.05, 3.63) is 39.9 Å². The van der Waals surface area contributed by atoms with E-state index in [4.69, 9.17) is 0 Å². The maximum absolute atomic E-state index is 10.8. The zero-order valence-corrected chi connectivity index (χ0v) is 15.2. The lowest BCUT2D eigenvalue weighted by atomic mass is 9.98. The Labute approximate surface area is 150 Å². The molecule has 7 heteroatoms. The third-order valence-electron chi connectivity index (χ3n) is 4.16. The Morgan fingerprint density at radius 3 is 2.30 bits per heavy atom. The Hall–Kier alpha value is -0.880. The van der Waals surface area contributed by atoms with Crippen molar-refractivity contribution in [2.24, 2.45) is 0 Å². The van der Waals surface area contributed by atoms with E-state index in [0.29, 0.717) is 6.04 Å². The summed E-state index contributed by atoms with van der Waals surface area (Å²) in [5, 5.41) is 14.2. The second kappa shape index (κ2) is 11.6. The minimum atomic E-state index is -0.333. The normalized spacial score (nSPS) is 16.0. The van der Waals surface area contributed by atoms with E-state index in [9.17, 15) is 10.1 Å². The molecule has 1 fully saturated rings. The molecule has 1 saturated heterocycles. The number of nitro benzene ring substituents is 1. The van der Waals surface area contributed by atoms with Crippen LogP contribution in [0.25, 0.3) is 0 Å². The fraction of sp³-hybridized carbons (Fsp3) is 0.625. The Balaban J connectivity index is 0.00000242. The minimum Gasteiger partial charge on any atom is -0.314 e. The molecule has 1 aliphatic heterocycles. The van der Waals surface area contributed by atoms with Crippen molar-refractivity contribution in [3.8, 4) is 0 Å². The lowest BCUT2D eigenvalue weighted by molar-refractivity contribution is -0.384. The van der Waals surface area contributed by atoms with Crippen molar-refractivity contribution in [1.29, 1.82) is 0 Å². The van der Waals surface area contributed by atoms with Crippen molar-refractivity contribution >= 4 is 30.5 Å². The number of nitro groups is 1. The van der Waals surface area contributed by atoms with Gasteiger partial charge in [-0.15, -0.1) is 24.8 Å². The molecule has 1 aromatic rings. The first-order valence-corrected chi connectivity index (χ1v) is 7.91. The lowest BCUT2D eigenvalue weighted by Gasteiger charge is -2.35. The van der Waals surface area contributed by atoms with Crippen molar-refractivity contribution in [2.45, 2.75) is 38.6 Å². The van der Waals surface area contributed by atoms with Gasteiger partial charge in [0.25, 0.3) is 5.69 Å². The van der Waals surface area contributed by atoms with E-state index in [1.54, 1.807) is 12.1 Å². The molecule has 0 bridgehead atoms. The van der Waals surface area contributed by atoms with Crippen LogP contribution in [0.5, 0.6) is 0 Å². The third kappa shape index (κ3) is 6.63. The predicted octanol–water partition coefficient (Wildman–Crippen LogP) is 3.97. The third-order valence-corrected chi connectivity index (χ3v) is 4.16. The van der Waals surface area contributed by atoms with Crippen LogP contribution < -0.4 is 5.32 Å². The fourth-order valence-corrected chi connectivity index (χ4v) is 2.96. The highest BCUT2D eigenvalue weighted by Crippen LogP contribution is 2.28. The molecule has 0 radical (unpaired) electrons. The van der Waals surface area contributed by atoms with Gasteiger partial charge in [0.15, 0.2) is 0 Å². The molecule has 1 N–H and O–H groups in total. The molecule has 5 nitrogen and oxygen atoms in total. The number of rotatable bonds is 7. The summed E-state index contributed by atoms with van der Waals surface area (Å²) in [6.45, 7) is 6.36. The molecule has 0 unspecified atom stereocenters. The lowest BCUT2D eigenvalue weighted by Crippen LogP contribution is -2.45. The second-order valence-corrected chi connectivity index (χ2v) is 5.65. The molecule has 23 heavy (non-hydrogen) atoms. The fourth-order valence-electron chi connectivity index (χ4n) is 2.96. The Morgan fingerprint density at radius 1 is 1.17 bits per heavy atom. The van der Waals surface area contributed by atoms with Crippen LogP contribution >= 0.6 is 24.8 Å². The van der Waals surface area contributed by atoms with E-state index in [1.165, 1.54) is 24.8 Å². The smallest absolute Gasteiger partial charge is 0.269 e. The van der Waals surface area contributed by atoms with Crippen molar-refractivity contribution < 1.29 is 4.92 Å². The Kier molecular flexibility index (Phi) is 11.2. The number of nitrogens with zero attached hydrogens (tertiary/aromatic N) is 2. The molecule has 0 spiro atoms. The standard InChI is InChI=1S/C16H25N3O2.2ClH/c1-2-3-4-5-16(18-12-10-17-11-13-18)14-6-8-15(9-7-14)19(20)21;;/h6-9,16-17H,2-5,10-13H2,1H3;2*1H/t16-;;/m1../s1. The van der Waals surface area contributed by atoms with Crippen LogP contribution in [0.3, 0.4) is 0 Å². The van der Waals surface area contributed by atoms with Gasteiger partial charge in [-0.3, -0.25) is 15.0 Å². The molecule has 0 saturated carbocycles. The maximum atomic E-state index is 10.8. The second-order valence-electron chi connectivity index (χ2n) is 5.65. The minimum absolute atomic E-state index is 0. The summed E-state index contributed by atoms with van der Waals surface area (Å²) in [7, 11) is 0. The largest absolute Gasteiger partial charge is 0.314 e. The summed E-state index contributed by atoms with van der Waals surface area (Å²) < 4.78 is 0. The van der Waals surface area contributed by atoms with Gasteiger partial charge in [0.1, 0.15) is 0 Å². The number of benzene rings is 1. The molecule has 1 aliphatic rings. The number of non-ortho nitro benzene ring substituents is 1. The predicted molar refractivity (Wildman–Crippen MR) is 98.9 cm³/mol. The summed E-state index contributed by atoms with van der Waals surface area (Å²) in [6, 6.07) is 7.50. The van der Waals surface area contributed by atoms with E-state index < -0.39 is 0 Å². The van der Waals surface area contributed by atoms with Gasteiger partial charge in [-0.1, -0.05) is 38.3 Å². The first kappa shape index (κ1) is 22.1. The molecule has 0 amide bonds. The molecule has 2 rings (SSSR count). The van der Waals surface area contributed by atoms with Crippen LogP contribution in [0.1, 0.15) is 44.2 Å². The molecule has 0 aromatic heterocycles. The van der Waals surface area contributed by atoms with E-state index in [1.807, 2.05) is 12.1 Å². The quantitative estimate of drug-likeness (QED) is 0.452. The summed E-state index contributed by atoms with van der Waals surface area (Å²) in [6.07, 6.45) is 4.80. The monoisotopic (exact) mass is 363 g/mol. The van der Waals surface area contributed by atoms with Crippen LogP contribution in [0.15, 0.2) is 24.3 Å². The molecule has 0 aliphatic carbocycles. The van der Waals surface area contributed by atoms with Gasteiger partial charge in [-0.05, 0) is 12.0 Å². The van der Waals surface area contributed by atoms with Crippen molar-refractivity contribution in [1.82, 2.24) is 10.2 Å². The topological polar surface area (TPSA) is 58.4 Å². The van der Waals surface area contributed by atoms with Gasteiger partial charge in [0.05, 0.1) is 4.92 Å². The van der Waals surface area contributed by atoms with Gasteiger partial charge in [-0.2, -0.15) is 0 Å². The van der Waals surface area contributed by atoms with Gasteiger partial charge >= 0.3 is 0 Å². The molecule has 1 aromatic carbocycles. The zero-order valence-electron chi connectivity index (χ0n) is 13.6. The van der Waals surface area contributed by atoms with Crippen molar-refractivity contribution in [3.63, 3.8) is 0 Å². The maximum Gasteiger partial charge on any atom is 0.269 e. The molecular formula is C16H27Cl2N3O2. The average Bonchev–Trinajstić information content (AvgIpc) is 2.53.